The van der Waals surface area contributed by atoms with E-state index in [1.54, 1.807) is 0 Å². The lowest BCUT2D eigenvalue weighted by Crippen LogP contribution is -2.70. The van der Waals surface area contributed by atoms with E-state index in [0.717, 1.165) is 22.3 Å². The lowest BCUT2D eigenvalue weighted by atomic mass is 9.41. The summed E-state index contributed by atoms with van der Waals surface area (Å²) in [6.07, 6.45) is 0.335. The van der Waals surface area contributed by atoms with Crippen molar-refractivity contribution in [1.29, 1.82) is 0 Å². The third-order valence-corrected chi connectivity index (χ3v) is 14.9. The van der Waals surface area contributed by atoms with Gasteiger partial charge < -0.3 is 50.5 Å². The second kappa shape index (κ2) is 14.1. The Balaban J connectivity index is 0.947. The van der Waals surface area contributed by atoms with Crippen LogP contribution in [0.15, 0.2) is 48.5 Å². The first-order valence-corrected chi connectivity index (χ1v) is 19.6. The first-order valence-electron chi connectivity index (χ1n) is 19.6. The fourth-order valence-corrected chi connectivity index (χ4v) is 12.0. The van der Waals surface area contributed by atoms with Gasteiger partial charge in [0.1, 0.15) is 6.61 Å². The van der Waals surface area contributed by atoms with Gasteiger partial charge in [0.25, 0.3) is 0 Å². The molecule has 5 aliphatic rings. The number of aliphatic carboxylic acids is 1. The van der Waals surface area contributed by atoms with Crippen LogP contribution in [0.2, 0.25) is 0 Å². The molecular formula is C42H57NO11. The van der Waals surface area contributed by atoms with Crippen molar-refractivity contribution in [3.63, 3.8) is 0 Å². The number of carboxylic acids is 1. The summed E-state index contributed by atoms with van der Waals surface area (Å²) in [5.41, 5.74) is 2.79. The molecule has 0 aliphatic heterocycles. The van der Waals surface area contributed by atoms with Crippen molar-refractivity contribution in [2.24, 2.45) is 46.3 Å². The van der Waals surface area contributed by atoms with Crippen LogP contribution in [-0.4, -0.2) is 91.0 Å². The van der Waals surface area contributed by atoms with Gasteiger partial charge in [-0.1, -0.05) is 69.3 Å². The number of carboxylic acid groups (broad SMARTS) is 1. The van der Waals surface area contributed by atoms with E-state index < -0.39 is 70.0 Å². The van der Waals surface area contributed by atoms with Crippen molar-refractivity contribution in [2.75, 3.05) is 19.8 Å². The van der Waals surface area contributed by atoms with Crippen LogP contribution in [0.5, 0.6) is 0 Å². The van der Waals surface area contributed by atoms with Crippen LogP contribution in [0.4, 0.5) is 4.79 Å². The van der Waals surface area contributed by atoms with E-state index in [-0.39, 0.29) is 69.6 Å². The number of nitrogens with one attached hydrogen (secondary N) is 1. The van der Waals surface area contributed by atoms with E-state index in [2.05, 4.69) is 17.4 Å². The van der Waals surface area contributed by atoms with Crippen LogP contribution in [0, 0.1) is 46.3 Å². The first-order chi connectivity index (χ1) is 25.4. The molecule has 1 unspecified atom stereocenters. The fraction of sp³-hybridized carbons (Fsp3) is 0.667. The summed E-state index contributed by atoms with van der Waals surface area (Å²) in [7, 11) is 0. The maximum atomic E-state index is 12.7. The predicted octanol–water partition coefficient (Wildman–Crippen LogP) is 4.33. The number of alkyl carbamates (subject to hydrolysis) is 1. The number of rotatable bonds is 11. The monoisotopic (exact) mass is 751 g/mol. The molecule has 2 aromatic rings. The third-order valence-electron chi connectivity index (χ3n) is 14.9. The molecule has 4 saturated carbocycles. The number of fused-ring (bicyclic) bond motifs is 8. The lowest BCUT2D eigenvalue weighted by Gasteiger charge is -2.67. The minimum Gasteiger partial charge on any atom is -0.481 e. The highest BCUT2D eigenvalue weighted by atomic mass is 16.6. The van der Waals surface area contributed by atoms with Crippen LogP contribution in [0.25, 0.3) is 11.1 Å². The molecule has 12 nitrogen and oxygen atoms in total. The molecular weight excluding hydrogens is 694 g/mol. The molecule has 0 radical (unpaired) electrons. The Morgan fingerprint density at radius 2 is 1.54 bits per heavy atom. The second-order valence-electron chi connectivity index (χ2n) is 17.7. The Labute approximate surface area is 316 Å². The van der Waals surface area contributed by atoms with Gasteiger partial charge in [-0.3, -0.25) is 4.79 Å². The topological polar surface area (TPSA) is 206 Å². The van der Waals surface area contributed by atoms with Gasteiger partial charge in [-0.25, -0.2) is 4.79 Å². The molecule has 54 heavy (non-hydrogen) atoms. The van der Waals surface area contributed by atoms with Gasteiger partial charge in [-0.05, 0) is 82.9 Å². The molecule has 2 aromatic carbocycles. The molecule has 12 heteroatoms. The molecule has 0 saturated heterocycles. The van der Waals surface area contributed by atoms with Gasteiger partial charge in [0.15, 0.2) is 17.4 Å². The number of hydrogen-bond acceptors (Lipinski definition) is 10. The van der Waals surface area contributed by atoms with Gasteiger partial charge in [0, 0.05) is 55.9 Å². The number of hydrogen-bond donors (Lipinski definition) is 8. The molecule has 5 aliphatic carbocycles. The quantitative estimate of drug-likeness (QED) is 0.152. The summed E-state index contributed by atoms with van der Waals surface area (Å²) in [5, 5.41) is 81.5. The minimum absolute atomic E-state index is 0.0187. The zero-order valence-electron chi connectivity index (χ0n) is 31.5. The van der Waals surface area contributed by atoms with Gasteiger partial charge in [-0.15, -0.1) is 0 Å². The highest BCUT2D eigenvalue weighted by Gasteiger charge is 2.73. The molecule has 8 N–H and O–H groups in total. The number of carbonyl (C=O) groups is 2. The SMILES string of the molecule is C[C@H](CCC(=O)O)[C@H]1CC[C@H]2[C@H]3[C@H](CC(O)(O)[C@]12C)[C@@]1(C)CC[C@](O)(OCC(O)CNC(=O)OCC2c4ccccc4-c4ccccc42)C[C@H]1CC3(O)O. The van der Waals surface area contributed by atoms with Gasteiger partial charge in [0.2, 0.25) is 0 Å². The van der Waals surface area contributed by atoms with E-state index >= 15 is 0 Å². The summed E-state index contributed by atoms with van der Waals surface area (Å²) in [6.45, 7) is 5.50. The maximum Gasteiger partial charge on any atom is 0.407 e. The molecule has 1 amide bonds. The zero-order chi connectivity index (χ0) is 38.8. The summed E-state index contributed by atoms with van der Waals surface area (Å²) < 4.78 is 11.5. The molecule has 7 rings (SSSR count). The Bertz CT molecular complexity index is 1690. The minimum atomic E-state index is -2.14. The largest absolute Gasteiger partial charge is 0.481 e. The molecule has 0 heterocycles. The molecule has 0 spiro atoms. The maximum absolute atomic E-state index is 12.7. The van der Waals surface area contributed by atoms with Crippen LogP contribution in [0.3, 0.4) is 0 Å². The normalized spacial score (nSPS) is 35.8. The second-order valence-corrected chi connectivity index (χ2v) is 17.7. The Kier molecular flexibility index (Phi) is 10.2. The number of aliphatic hydroxyl groups excluding tert-OH is 1. The Morgan fingerprint density at radius 1 is 0.889 bits per heavy atom. The fourth-order valence-electron chi connectivity index (χ4n) is 12.0. The average Bonchev–Trinajstić information content (AvgIpc) is 3.64. The van der Waals surface area contributed by atoms with E-state index in [9.17, 15) is 45.3 Å². The van der Waals surface area contributed by atoms with Crippen molar-refractivity contribution >= 4 is 12.1 Å². The van der Waals surface area contributed by atoms with Crippen molar-refractivity contribution in [3.05, 3.63) is 59.7 Å². The summed E-state index contributed by atoms with van der Waals surface area (Å²) in [6, 6.07) is 16.1. The standard InChI is InChI=1S/C42H57NO11/c1-24(12-15-35(45)46)32-13-14-33-36-34(20-42(51,52)39(32,33)3)38(2)16-17-40(48,18-25(38)19-41(36,49)50)54-22-26(44)21-43-37(47)53-23-31-29-10-6-4-8-27(29)28-9-5-7-11-30(28)31/h4-11,24-26,31-34,36,44,48-52H,12-23H2,1-3H3,(H,43,47)(H,45,46)/t24-,25+,26?,32-,33+,34+,36+,38+,39-,40+/m1/s1. The molecule has 0 bridgehead atoms. The van der Waals surface area contributed by atoms with Crippen molar-refractivity contribution in [3.8, 4) is 11.1 Å². The number of benzene rings is 2. The summed E-state index contributed by atoms with van der Waals surface area (Å²) in [5.74, 6) is -9.18. The summed E-state index contributed by atoms with van der Waals surface area (Å²) >= 11 is 0. The van der Waals surface area contributed by atoms with Crippen molar-refractivity contribution in [1.82, 2.24) is 5.32 Å². The smallest absolute Gasteiger partial charge is 0.407 e. The highest BCUT2D eigenvalue weighted by Crippen LogP contribution is 2.72. The summed E-state index contributed by atoms with van der Waals surface area (Å²) in [4.78, 5) is 24.0. The molecule has 296 valence electrons. The number of ether oxygens (including phenoxy) is 2. The van der Waals surface area contributed by atoms with Crippen LogP contribution < -0.4 is 5.32 Å². The number of amides is 1. The molecule has 10 atom stereocenters. The highest BCUT2D eigenvalue weighted by molar-refractivity contribution is 5.79. The zero-order valence-corrected chi connectivity index (χ0v) is 31.5. The van der Waals surface area contributed by atoms with Gasteiger partial charge in [0.05, 0.1) is 12.7 Å². The van der Waals surface area contributed by atoms with E-state index in [0.29, 0.717) is 25.7 Å². The Morgan fingerprint density at radius 3 is 2.19 bits per heavy atom. The number of aliphatic hydroxyl groups is 6. The predicted molar refractivity (Wildman–Crippen MR) is 196 cm³/mol. The van der Waals surface area contributed by atoms with Crippen molar-refractivity contribution < 1.29 is 54.8 Å². The van der Waals surface area contributed by atoms with Crippen molar-refractivity contribution in [2.45, 2.75) is 108 Å². The van der Waals surface area contributed by atoms with E-state index in [1.165, 1.54) is 0 Å². The Hall–Kier alpha value is -3.10. The average molecular weight is 752 g/mol. The van der Waals surface area contributed by atoms with E-state index in [4.69, 9.17) is 9.47 Å². The van der Waals surface area contributed by atoms with Crippen LogP contribution in [0.1, 0.15) is 95.6 Å². The van der Waals surface area contributed by atoms with Crippen LogP contribution in [-0.2, 0) is 14.3 Å². The van der Waals surface area contributed by atoms with Gasteiger partial charge >= 0.3 is 12.1 Å². The first kappa shape index (κ1) is 39.1. The number of carbonyl (C=O) groups excluding carboxylic acids is 1. The van der Waals surface area contributed by atoms with Gasteiger partial charge in [-0.2, -0.15) is 0 Å². The molecule has 0 aromatic heterocycles. The molecule has 4 fully saturated rings. The lowest BCUT2D eigenvalue weighted by molar-refractivity contribution is -0.374. The van der Waals surface area contributed by atoms with Crippen LogP contribution >= 0.6 is 0 Å². The third kappa shape index (κ3) is 6.65. The van der Waals surface area contributed by atoms with E-state index in [1.807, 2.05) is 57.2 Å².